The number of aromatic hydroxyl groups is 1. The highest BCUT2D eigenvalue weighted by Gasteiger charge is 2.35. The van der Waals surface area contributed by atoms with Gasteiger partial charge in [-0.25, -0.2) is 9.37 Å². The Labute approximate surface area is 191 Å². The molecule has 1 aliphatic rings. The Morgan fingerprint density at radius 2 is 1.70 bits per heavy atom. The van der Waals surface area contributed by atoms with Crippen LogP contribution < -0.4 is 10.2 Å². The fourth-order valence-corrected chi connectivity index (χ4v) is 4.12. The molecule has 2 amide bonds. The maximum atomic E-state index is 13.7. The van der Waals surface area contributed by atoms with Gasteiger partial charge in [0, 0.05) is 24.1 Å². The topological polar surface area (TPSA) is 95.4 Å². The lowest BCUT2D eigenvalue weighted by Gasteiger charge is -2.33. The van der Waals surface area contributed by atoms with Crippen LogP contribution in [0.25, 0.3) is 0 Å². The van der Waals surface area contributed by atoms with E-state index in [2.05, 4.69) is 15.3 Å². The number of hydrogen-bond acceptors (Lipinski definition) is 5. The first-order valence-electron chi connectivity index (χ1n) is 11.0. The molecule has 1 heterocycles. The van der Waals surface area contributed by atoms with Crippen LogP contribution in [0.4, 0.5) is 10.1 Å². The van der Waals surface area contributed by atoms with Gasteiger partial charge < -0.3 is 10.4 Å². The number of halogens is 1. The largest absolute Gasteiger partial charge is 0.508 e. The highest BCUT2D eigenvalue weighted by atomic mass is 19.1. The normalized spacial score (nSPS) is 14.9. The Kier molecular flexibility index (Phi) is 6.92. The molecule has 0 spiro atoms. The highest BCUT2D eigenvalue weighted by Crippen LogP contribution is 2.31. The molecule has 8 heteroatoms. The van der Waals surface area contributed by atoms with Crippen molar-refractivity contribution in [2.45, 2.75) is 44.2 Å². The number of carbonyl (C=O) groups excluding carboxylic acids is 2. The summed E-state index contributed by atoms with van der Waals surface area (Å²) in [5.41, 5.74) is 0.891. The Hall–Kier alpha value is -3.81. The second-order valence-corrected chi connectivity index (χ2v) is 8.08. The van der Waals surface area contributed by atoms with Crippen LogP contribution in [0.2, 0.25) is 0 Å². The van der Waals surface area contributed by atoms with E-state index < -0.39 is 17.8 Å². The Morgan fingerprint density at radius 1 is 1.00 bits per heavy atom. The molecule has 170 valence electrons. The van der Waals surface area contributed by atoms with Gasteiger partial charge in [0.2, 0.25) is 5.91 Å². The van der Waals surface area contributed by atoms with Gasteiger partial charge in [0.1, 0.15) is 23.3 Å². The predicted octanol–water partition coefficient (Wildman–Crippen LogP) is 4.16. The van der Waals surface area contributed by atoms with Crippen LogP contribution in [0.1, 0.15) is 54.2 Å². The summed E-state index contributed by atoms with van der Waals surface area (Å²) in [6, 6.07) is 10.5. The fourth-order valence-electron chi connectivity index (χ4n) is 4.12. The molecule has 2 N–H and O–H groups in total. The van der Waals surface area contributed by atoms with E-state index >= 15 is 0 Å². The first kappa shape index (κ1) is 22.4. The van der Waals surface area contributed by atoms with E-state index in [1.807, 2.05) is 0 Å². The van der Waals surface area contributed by atoms with Gasteiger partial charge in [0.15, 0.2) is 0 Å². The average Bonchev–Trinajstić information content (AvgIpc) is 2.85. The average molecular weight is 448 g/mol. The molecular weight excluding hydrogens is 423 g/mol. The molecule has 0 aliphatic heterocycles. The molecule has 0 unspecified atom stereocenters. The molecule has 1 atom stereocenters. The zero-order valence-electron chi connectivity index (χ0n) is 18.0. The number of phenols is 1. The maximum Gasteiger partial charge on any atom is 0.279 e. The van der Waals surface area contributed by atoms with Crippen molar-refractivity contribution in [3.8, 4) is 5.75 Å². The maximum absolute atomic E-state index is 13.7. The molecule has 1 fully saturated rings. The third kappa shape index (κ3) is 5.34. The Bertz CT molecular complexity index is 1080. The Morgan fingerprint density at radius 3 is 2.33 bits per heavy atom. The number of nitrogens with zero attached hydrogens (tertiary/aromatic N) is 3. The summed E-state index contributed by atoms with van der Waals surface area (Å²) in [5, 5.41) is 12.9. The van der Waals surface area contributed by atoms with Crippen molar-refractivity contribution in [2.24, 2.45) is 0 Å². The molecule has 33 heavy (non-hydrogen) atoms. The van der Waals surface area contributed by atoms with E-state index in [1.165, 1.54) is 59.9 Å². The Balaban J connectivity index is 1.79. The smallest absolute Gasteiger partial charge is 0.279 e. The van der Waals surface area contributed by atoms with E-state index in [0.717, 1.165) is 32.1 Å². The summed E-state index contributed by atoms with van der Waals surface area (Å²) in [5.74, 6) is -1.32. The lowest BCUT2D eigenvalue weighted by Crippen LogP contribution is -2.47. The van der Waals surface area contributed by atoms with E-state index in [0.29, 0.717) is 11.3 Å². The van der Waals surface area contributed by atoms with Crippen LogP contribution in [0, 0.1) is 5.82 Å². The predicted molar refractivity (Wildman–Crippen MR) is 121 cm³/mol. The van der Waals surface area contributed by atoms with Crippen molar-refractivity contribution in [3.63, 3.8) is 0 Å². The van der Waals surface area contributed by atoms with E-state index in [4.69, 9.17) is 0 Å². The minimum Gasteiger partial charge on any atom is -0.508 e. The van der Waals surface area contributed by atoms with Gasteiger partial charge in [-0.05, 0) is 54.8 Å². The lowest BCUT2D eigenvalue weighted by atomic mass is 9.94. The standard InChI is InChI=1S/C25H25FN4O3/c26-18-8-10-20(11-9-18)30(25(33)22-16-27-14-15-28-22)23(17-6-12-21(31)13-7-17)24(32)29-19-4-2-1-3-5-19/h6-16,19,23,31H,1-5H2,(H,29,32)/t23-/m0/s1. The van der Waals surface area contributed by atoms with Crippen molar-refractivity contribution in [1.82, 2.24) is 15.3 Å². The number of nitrogens with one attached hydrogen (secondary N) is 1. The van der Waals surface area contributed by atoms with Crippen molar-refractivity contribution in [1.29, 1.82) is 0 Å². The molecule has 1 aromatic heterocycles. The van der Waals surface area contributed by atoms with Crippen LogP contribution in [0.5, 0.6) is 5.75 Å². The number of carbonyl (C=O) groups is 2. The molecule has 1 aliphatic carbocycles. The number of amides is 2. The van der Waals surface area contributed by atoms with Gasteiger partial charge in [-0.3, -0.25) is 19.5 Å². The lowest BCUT2D eigenvalue weighted by molar-refractivity contribution is -0.123. The molecule has 0 bridgehead atoms. The summed E-state index contributed by atoms with van der Waals surface area (Å²) in [6.45, 7) is 0. The van der Waals surface area contributed by atoms with Crippen molar-refractivity contribution < 1.29 is 19.1 Å². The fraction of sp³-hybridized carbons (Fsp3) is 0.280. The molecule has 7 nitrogen and oxygen atoms in total. The first-order valence-corrected chi connectivity index (χ1v) is 11.0. The van der Waals surface area contributed by atoms with Crippen LogP contribution in [-0.4, -0.2) is 32.9 Å². The van der Waals surface area contributed by atoms with Crippen LogP contribution >= 0.6 is 0 Å². The minimum atomic E-state index is -1.06. The van der Waals surface area contributed by atoms with Gasteiger partial charge in [-0.1, -0.05) is 31.4 Å². The number of benzene rings is 2. The minimum absolute atomic E-state index is 0.0209. The third-order valence-corrected chi connectivity index (χ3v) is 5.77. The van der Waals surface area contributed by atoms with Gasteiger partial charge in [0.05, 0.1) is 6.20 Å². The van der Waals surface area contributed by atoms with Crippen molar-refractivity contribution >= 4 is 17.5 Å². The molecular formula is C25H25FN4O3. The molecule has 4 rings (SSSR count). The number of aromatic nitrogens is 2. The molecule has 3 aromatic rings. The SMILES string of the molecule is O=C(NC1CCCCC1)[C@H](c1ccc(O)cc1)N(C(=O)c1cnccn1)c1ccc(F)cc1. The number of anilines is 1. The van der Waals surface area contributed by atoms with E-state index in [1.54, 1.807) is 12.1 Å². The second-order valence-electron chi connectivity index (χ2n) is 8.08. The highest BCUT2D eigenvalue weighted by molar-refractivity contribution is 6.09. The summed E-state index contributed by atoms with van der Waals surface area (Å²) >= 11 is 0. The summed E-state index contributed by atoms with van der Waals surface area (Å²) in [7, 11) is 0. The number of phenolic OH excluding ortho intramolecular Hbond substituents is 1. The van der Waals surface area contributed by atoms with Crippen LogP contribution in [-0.2, 0) is 4.79 Å². The van der Waals surface area contributed by atoms with Crippen LogP contribution in [0.3, 0.4) is 0 Å². The quantitative estimate of drug-likeness (QED) is 0.591. The summed E-state index contributed by atoms with van der Waals surface area (Å²) in [4.78, 5) is 36.6. The molecule has 0 radical (unpaired) electrons. The first-order chi connectivity index (χ1) is 16.0. The molecule has 0 saturated heterocycles. The second kappa shape index (κ2) is 10.2. The molecule has 2 aromatic carbocycles. The zero-order valence-corrected chi connectivity index (χ0v) is 18.0. The van der Waals surface area contributed by atoms with Gasteiger partial charge in [-0.15, -0.1) is 0 Å². The van der Waals surface area contributed by atoms with Crippen molar-refractivity contribution in [3.05, 3.63) is 84.2 Å². The van der Waals surface area contributed by atoms with E-state index in [9.17, 15) is 19.1 Å². The number of rotatable bonds is 6. The van der Waals surface area contributed by atoms with Crippen LogP contribution in [0.15, 0.2) is 67.1 Å². The monoisotopic (exact) mass is 448 g/mol. The summed E-state index contributed by atoms with van der Waals surface area (Å²) < 4.78 is 13.7. The van der Waals surface area contributed by atoms with Gasteiger partial charge >= 0.3 is 0 Å². The third-order valence-electron chi connectivity index (χ3n) is 5.77. The van der Waals surface area contributed by atoms with Gasteiger partial charge in [-0.2, -0.15) is 0 Å². The summed E-state index contributed by atoms with van der Waals surface area (Å²) in [6.07, 6.45) is 9.14. The van der Waals surface area contributed by atoms with E-state index in [-0.39, 0.29) is 23.4 Å². The molecule has 1 saturated carbocycles. The van der Waals surface area contributed by atoms with Crippen molar-refractivity contribution in [2.75, 3.05) is 4.90 Å². The number of hydrogen-bond donors (Lipinski definition) is 2. The zero-order chi connectivity index (χ0) is 23.2. The van der Waals surface area contributed by atoms with Gasteiger partial charge in [0.25, 0.3) is 5.91 Å².